The quantitative estimate of drug-likeness (QED) is 0.656. The van der Waals surface area contributed by atoms with Crippen molar-refractivity contribution in [2.75, 3.05) is 14.2 Å². The van der Waals surface area contributed by atoms with Crippen LogP contribution < -0.4 is 10.3 Å². The Morgan fingerprint density at radius 1 is 1.28 bits per heavy atom. The van der Waals surface area contributed by atoms with Crippen LogP contribution in [-0.2, 0) is 19.5 Å². The number of hydrogen-bond acceptors (Lipinski definition) is 5. The van der Waals surface area contributed by atoms with Crippen LogP contribution in [0.15, 0.2) is 29.1 Å². The van der Waals surface area contributed by atoms with Gasteiger partial charge in [0.05, 0.1) is 17.4 Å². The summed E-state index contributed by atoms with van der Waals surface area (Å²) in [6.45, 7) is 3.00. The molecule has 29 heavy (non-hydrogen) atoms. The van der Waals surface area contributed by atoms with Crippen LogP contribution in [0.1, 0.15) is 45.9 Å². The monoisotopic (exact) mass is 411 g/mol. The fraction of sp³-hybridized carbons (Fsp3) is 0.409. The van der Waals surface area contributed by atoms with Crippen LogP contribution in [0, 0.1) is 6.92 Å². The van der Waals surface area contributed by atoms with Crippen LogP contribution >= 0.6 is 11.3 Å². The largest absolute Gasteiger partial charge is 0.496 e. The van der Waals surface area contributed by atoms with Crippen LogP contribution in [0.5, 0.6) is 5.75 Å². The van der Waals surface area contributed by atoms with Crippen molar-refractivity contribution in [3.05, 3.63) is 56.4 Å². The maximum Gasteiger partial charge on any atom is 0.264 e. The molecule has 7 heteroatoms. The number of aromatic nitrogens is 2. The predicted octanol–water partition coefficient (Wildman–Crippen LogP) is 3.77. The number of rotatable bonds is 4. The van der Waals surface area contributed by atoms with Gasteiger partial charge in [0.1, 0.15) is 16.4 Å². The number of ether oxygens (including phenoxy) is 1. The maximum absolute atomic E-state index is 13.2. The first-order valence-corrected chi connectivity index (χ1v) is 10.7. The lowest BCUT2D eigenvalue weighted by molar-refractivity contribution is 0.0788. The molecule has 1 aromatic carbocycles. The Balaban J connectivity index is 1.70. The second kappa shape index (κ2) is 7.99. The molecular weight excluding hydrogens is 386 g/mol. The lowest BCUT2D eigenvalue weighted by atomic mass is 10.1. The van der Waals surface area contributed by atoms with E-state index in [1.54, 1.807) is 19.1 Å². The van der Waals surface area contributed by atoms with Gasteiger partial charge in [-0.25, -0.2) is 4.98 Å². The van der Waals surface area contributed by atoms with Crippen molar-refractivity contribution in [2.24, 2.45) is 0 Å². The van der Waals surface area contributed by atoms with E-state index in [-0.39, 0.29) is 11.5 Å². The van der Waals surface area contributed by atoms with Crippen LogP contribution in [0.25, 0.3) is 10.2 Å². The molecule has 1 aliphatic heterocycles. The molecule has 0 atom stereocenters. The van der Waals surface area contributed by atoms with Gasteiger partial charge in [-0.15, -0.1) is 11.3 Å². The number of aryl methyl sites for hydroxylation is 2. The van der Waals surface area contributed by atoms with Crippen molar-refractivity contribution in [2.45, 2.75) is 45.7 Å². The Hall–Kier alpha value is -2.67. The fourth-order valence-corrected chi connectivity index (χ4v) is 5.13. The first-order chi connectivity index (χ1) is 14.0. The van der Waals surface area contributed by atoms with Gasteiger partial charge in [0, 0.05) is 32.1 Å². The minimum absolute atomic E-state index is 0.00733. The number of fused-ring (bicyclic) bond motifs is 2. The molecule has 0 saturated heterocycles. The van der Waals surface area contributed by atoms with Crippen LogP contribution in [0.2, 0.25) is 0 Å². The van der Waals surface area contributed by atoms with E-state index in [2.05, 4.69) is 0 Å². The first-order valence-electron chi connectivity index (χ1n) is 9.91. The smallest absolute Gasteiger partial charge is 0.264 e. The molecule has 0 unspecified atom stereocenters. The SMILES string of the molecule is COc1ccccc1CN(C)C(=O)c1sc2nc3n(c(=O)c2c1C)CCCCC3. The van der Waals surface area contributed by atoms with Crippen molar-refractivity contribution in [3.8, 4) is 5.75 Å². The summed E-state index contributed by atoms with van der Waals surface area (Å²) in [5.74, 6) is 1.50. The van der Waals surface area contributed by atoms with Crippen LogP contribution in [-0.4, -0.2) is 34.5 Å². The minimum atomic E-state index is -0.101. The lowest BCUT2D eigenvalue weighted by Gasteiger charge is -2.18. The Morgan fingerprint density at radius 3 is 2.86 bits per heavy atom. The molecule has 0 saturated carbocycles. The summed E-state index contributed by atoms with van der Waals surface area (Å²) >= 11 is 1.33. The average Bonchev–Trinajstić information content (AvgIpc) is 2.89. The highest BCUT2D eigenvalue weighted by atomic mass is 32.1. The standard InChI is InChI=1S/C22H25N3O3S/c1-14-18-20(23-17-11-5-4-8-12-25(17)21(18)26)29-19(14)22(27)24(2)13-15-9-6-7-10-16(15)28-3/h6-7,9-10H,4-5,8,11-13H2,1-3H3. The molecule has 0 spiro atoms. The highest BCUT2D eigenvalue weighted by Gasteiger charge is 2.24. The van der Waals surface area contributed by atoms with Gasteiger partial charge in [-0.3, -0.25) is 14.2 Å². The molecular formula is C22H25N3O3S. The zero-order valence-corrected chi connectivity index (χ0v) is 17.8. The van der Waals surface area contributed by atoms with Gasteiger partial charge in [-0.05, 0) is 31.4 Å². The molecule has 1 aliphatic rings. The van der Waals surface area contributed by atoms with E-state index < -0.39 is 0 Å². The number of carbonyl (C=O) groups is 1. The van der Waals surface area contributed by atoms with E-state index in [0.29, 0.717) is 28.2 Å². The first kappa shape index (κ1) is 19.6. The molecule has 3 aromatic rings. The van der Waals surface area contributed by atoms with E-state index in [0.717, 1.165) is 48.4 Å². The Morgan fingerprint density at radius 2 is 2.07 bits per heavy atom. The number of methoxy groups -OCH3 is 1. The predicted molar refractivity (Wildman–Crippen MR) is 115 cm³/mol. The Bertz CT molecular complexity index is 1130. The summed E-state index contributed by atoms with van der Waals surface area (Å²) in [5, 5.41) is 0.592. The van der Waals surface area contributed by atoms with Crippen molar-refractivity contribution in [1.29, 1.82) is 0 Å². The van der Waals surface area contributed by atoms with Gasteiger partial charge in [0.25, 0.3) is 11.5 Å². The molecule has 0 radical (unpaired) electrons. The fourth-order valence-electron chi connectivity index (χ4n) is 3.95. The third-order valence-corrected chi connectivity index (χ3v) is 6.73. The Kier molecular flexibility index (Phi) is 5.41. The summed E-state index contributed by atoms with van der Waals surface area (Å²) in [4.78, 5) is 34.0. The second-order valence-corrected chi connectivity index (χ2v) is 8.50. The van der Waals surface area contributed by atoms with E-state index >= 15 is 0 Å². The molecule has 2 aromatic heterocycles. The number of para-hydroxylation sites is 1. The van der Waals surface area contributed by atoms with Gasteiger partial charge >= 0.3 is 0 Å². The topological polar surface area (TPSA) is 64.4 Å². The molecule has 0 fully saturated rings. The summed E-state index contributed by atoms with van der Waals surface area (Å²) in [6.07, 6.45) is 3.98. The molecule has 0 N–H and O–H groups in total. The summed E-state index contributed by atoms with van der Waals surface area (Å²) < 4.78 is 7.20. The van der Waals surface area contributed by atoms with Gasteiger partial charge in [0.15, 0.2) is 0 Å². The van der Waals surface area contributed by atoms with Gasteiger partial charge < -0.3 is 9.64 Å². The summed E-state index contributed by atoms with van der Waals surface area (Å²) in [6, 6.07) is 7.67. The molecule has 152 valence electrons. The highest BCUT2D eigenvalue weighted by molar-refractivity contribution is 7.20. The van der Waals surface area contributed by atoms with E-state index in [4.69, 9.17) is 9.72 Å². The van der Waals surface area contributed by atoms with Crippen molar-refractivity contribution in [1.82, 2.24) is 14.5 Å². The van der Waals surface area contributed by atoms with Crippen molar-refractivity contribution in [3.63, 3.8) is 0 Å². The summed E-state index contributed by atoms with van der Waals surface area (Å²) in [5.41, 5.74) is 1.67. The van der Waals surface area contributed by atoms with Crippen LogP contribution in [0.4, 0.5) is 0 Å². The third-order valence-electron chi connectivity index (χ3n) is 5.55. The van der Waals surface area contributed by atoms with Gasteiger partial charge in [-0.1, -0.05) is 24.6 Å². The second-order valence-electron chi connectivity index (χ2n) is 7.50. The molecule has 3 heterocycles. The van der Waals surface area contributed by atoms with E-state index in [1.165, 1.54) is 11.3 Å². The minimum Gasteiger partial charge on any atom is -0.496 e. The summed E-state index contributed by atoms with van der Waals surface area (Å²) in [7, 11) is 3.40. The molecule has 0 aliphatic carbocycles. The number of benzene rings is 1. The lowest BCUT2D eigenvalue weighted by Crippen LogP contribution is -2.26. The average molecular weight is 412 g/mol. The normalized spacial score (nSPS) is 13.8. The third kappa shape index (κ3) is 3.55. The zero-order valence-electron chi connectivity index (χ0n) is 17.0. The number of carbonyl (C=O) groups excluding carboxylic acids is 1. The van der Waals surface area contributed by atoms with E-state index in [1.807, 2.05) is 35.8 Å². The molecule has 4 rings (SSSR count). The van der Waals surface area contributed by atoms with Gasteiger partial charge in [0.2, 0.25) is 0 Å². The van der Waals surface area contributed by atoms with E-state index in [9.17, 15) is 9.59 Å². The molecule has 0 bridgehead atoms. The number of hydrogen-bond donors (Lipinski definition) is 0. The van der Waals surface area contributed by atoms with Gasteiger partial charge in [-0.2, -0.15) is 0 Å². The van der Waals surface area contributed by atoms with Crippen LogP contribution in [0.3, 0.4) is 0 Å². The maximum atomic E-state index is 13.2. The zero-order chi connectivity index (χ0) is 20.5. The highest BCUT2D eigenvalue weighted by Crippen LogP contribution is 2.30. The molecule has 1 amide bonds. The van der Waals surface area contributed by atoms with Crippen molar-refractivity contribution >= 4 is 27.5 Å². The number of thiophene rings is 1. The number of nitrogens with zero attached hydrogens (tertiary/aromatic N) is 3. The number of amides is 1. The Labute approximate surface area is 173 Å². The molecule has 6 nitrogen and oxygen atoms in total. The van der Waals surface area contributed by atoms with Crippen molar-refractivity contribution < 1.29 is 9.53 Å².